The maximum Gasteiger partial charge on any atom is 0.260 e. The molecule has 0 aromatic carbocycles. The van der Waals surface area contributed by atoms with Gasteiger partial charge in [-0.1, -0.05) is 17.8 Å². The fourth-order valence-electron chi connectivity index (χ4n) is 0.871. The van der Waals surface area contributed by atoms with Crippen molar-refractivity contribution in [1.29, 1.82) is 0 Å². The van der Waals surface area contributed by atoms with Gasteiger partial charge in [-0.2, -0.15) is 0 Å². The summed E-state index contributed by atoms with van der Waals surface area (Å²) in [5.74, 6) is -1.10. The van der Waals surface area contributed by atoms with Crippen molar-refractivity contribution in [3.63, 3.8) is 0 Å². The van der Waals surface area contributed by atoms with Gasteiger partial charge in [0, 0.05) is 0 Å². The maximum atomic E-state index is 10.9. The molecule has 0 radical (unpaired) electrons. The summed E-state index contributed by atoms with van der Waals surface area (Å²) >= 11 is 0. The van der Waals surface area contributed by atoms with Gasteiger partial charge in [0.2, 0.25) is 0 Å². The van der Waals surface area contributed by atoms with E-state index in [1.807, 2.05) is 5.32 Å². The molecule has 0 bridgehead atoms. The van der Waals surface area contributed by atoms with Gasteiger partial charge in [-0.25, -0.2) is 0 Å². The van der Waals surface area contributed by atoms with E-state index in [0.717, 1.165) is 6.21 Å². The van der Waals surface area contributed by atoms with Crippen LogP contribution in [0, 0.1) is 0 Å². The van der Waals surface area contributed by atoms with Crippen molar-refractivity contribution in [3.8, 4) is 0 Å². The monoisotopic (exact) mass is 166 g/mol. The van der Waals surface area contributed by atoms with Crippen molar-refractivity contribution < 1.29 is 14.8 Å². The minimum Gasteiger partial charge on any atom is -0.411 e. The van der Waals surface area contributed by atoms with E-state index in [1.54, 1.807) is 0 Å². The molecule has 1 rings (SSSR count). The average Bonchev–Trinajstić information content (AvgIpc) is 2.28. The third-order valence-electron chi connectivity index (χ3n) is 1.40. The van der Waals surface area contributed by atoms with E-state index in [2.05, 4.69) is 11.7 Å². The summed E-state index contributed by atoms with van der Waals surface area (Å²) in [5, 5.41) is 12.8. The number of hydrogen-bond donors (Lipinski definition) is 2. The number of rotatable bonds is 2. The van der Waals surface area contributed by atoms with Gasteiger partial charge >= 0.3 is 0 Å². The Labute approximate surface area is 68.1 Å². The molecular formula is C7H6N2O3. The van der Waals surface area contributed by atoms with Crippen LogP contribution in [0.25, 0.3) is 0 Å². The Hall–Kier alpha value is -1.91. The Morgan fingerprint density at radius 3 is 2.42 bits per heavy atom. The smallest absolute Gasteiger partial charge is 0.260 e. The molecule has 0 fully saturated rings. The van der Waals surface area contributed by atoms with Crippen LogP contribution >= 0.6 is 0 Å². The highest BCUT2D eigenvalue weighted by molar-refractivity contribution is 6.29. The number of nitrogens with one attached hydrogen (secondary N) is 1. The summed E-state index contributed by atoms with van der Waals surface area (Å²) in [7, 11) is 0. The third kappa shape index (κ3) is 1.12. The van der Waals surface area contributed by atoms with Gasteiger partial charge in [-0.05, 0) is 0 Å². The van der Waals surface area contributed by atoms with Crippen molar-refractivity contribution in [1.82, 2.24) is 5.32 Å². The Bertz CT molecular complexity index is 315. The fourth-order valence-corrected chi connectivity index (χ4v) is 0.871. The highest BCUT2D eigenvalue weighted by Crippen LogP contribution is 2.10. The number of carbonyl (C=O) groups excluding carboxylic acids is 2. The molecular weight excluding hydrogens is 160 g/mol. The van der Waals surface area contributed by atoms with Crippen molar-refractivity contribution >= 4 is 18.0 Å². The molecule has 0 saturated carbocycles. The third-order valence-corrected chi connectivity index (χ3v) is 1.40. The van der Waals surface area contributed by atoms with Gasteiger partial charge in [0.15, 0.2) is 0 Å². The lowest BCUT2D eigenvalue weighted by Gasteiger charge is -1.86. The zero-order valence-corrected chi connectivity index (χ0v) is 6.07. The van der Waals surface area contributed by atoms with Gasteiger partial charge in [-0.3, -0.25) is 14.9 Å². The number of carbonyl (C=O) groups is 2. The van der Waals surface area contributed by atoms with E-state index >= 15 is 0 Å². The second kappa shape index (κ2) is 3.00. The molecule has 2 N–H and O–H groups in total. The molecule has 0 aromatic rings. The molecule has 62 valence electrons. The normalized spacial score (nSPS) is 17.3. The SMILES string of the molecule is C=CC1=C(C=NO)C(=O)NC1=O. The fraction of sp³-hybridized carbons (Fsp3) is 0. The van der Waals surface area contributed by atoms with Crippen LogP contribution in [0.1, 0.15) is 0 Å². The van der Waals surface area contributed by atoms with Gasteiger partial charge in [0.1, 0.15) is 0 Å². The van der Waals surface area contributed by atoms with Crippen LogP contribution in [0.2, 0.25) is 0 Å². The van der Waals surface area contributed by atoms with Crippen molar-refractivity contribution in [2.75, 3.05) is 0 Å². The lowest BCUT2D eigenvalue weighted by Crippen LogP contribution is -2.23. The topological polar surface area (TPSA) is 78.8 Å². The van der Waals surface area contributed by atoms with Crippen LogP contribution in [-0.4, -0.2) is 23.2 Å². The number of oxime groups is 1. The second-order valence-corrected chi connectivity index (χ2v) is 2.06. The van der Waals surface area contributed by atoms with Crippen LogP contribution in [0.3, 0.4) is 0 Å². The summed E-state index contributed by atoms with van der Waals surface area (Å²) < 4.78 is 0. The number of amides is 2. The van der Waals surface area contributed by atoms with E-state index in [4.69, 9.17) is 5.21 Å². The van der Waals surface area contributed by atoms with E-state index in [0.29, 0.717) is 0 Å². The van der Waals surface area contributed by atoms with Gasteiger partial charge in [0.25, 0.3) is 11.8 Å². The molecule has 1 heterocycles. The largest absolute Gasteiger partial charge is 0.411 e. The minimum atomic E-state index is -0.576. The van der Waals surface area contributed by atoms with Crippen molar-refractivity contribution in [2.24, 2.45) is 5.16 Å². The minimum absolute atomic E-state index is 0.0255. The molecule has 2 amide bonds. The number of nitrogens with zero attached hydrogens (tertiary/aromatic N) is 1. The lowest BCUT2D eigenvalue weighted by atomic mass is 10.1. The zero-order chi connectivity index (χ0) is 9.14. The molecule has 0 unspecified atom stereocenters. The summed E-state index contributed by atoms with van der Waals surface area (Å²) in [6.07, 6.45) is 2.13. The standard InChI is InChI=1S/C7H6N2O3/c1-2-4-5(3-8-12)7(11)9-6(4)10/h2-3,12H,1H2,(H,9,10,11). The highest BCUT2D eigenvalue weighted by atomic mass is 16.4. The van der Waals surface area contributed by atoms with Crippen molar-refractivity contribution in [3.05, 3.63) is 23.8 Å². The molecule has 5 heteroatoms. The molecule has 1 aliphatic heterocycles. The summed E-state index contributed by atoms with van der Waals surface area (Å²) in [6, 6.07) is 0. The molecule has 0 aliphatic carbocycles. The van der Waals surface area contributed by atoms with E-state index in [9.17, 15) is 9.59 Å². The highest BCUT2D eigenvalue weighted by Gasteiger charge is 2.26. The Morgan fingerprint density at radius 2 is 1.92 bits per heavy atom. The molecule has 5 nitrogen and oxygen atoms in total. The van der Waals surface area contributed by atoms with Crippen LogP contribution in [-0.2, 0) is 9.59 Å². The maximum absolute atomic E-state index is 10.9. The van der Waals surface area contributed by atoms with E-state index in [1.165, 1.54) is 6.08 Å². The van der Waals surface area contributed by atoms with Crippen molar-refractivity contribution in [2.45, 2.75) is 0 Å². The first-order valence-corrected chi connectivity index (χ1v) is 3.10. The van der Waals surface area contributed by atoms with Gasteiger partial charge in [0.05, 0.1) is 17.4 Å². The molecule has 12 heavy (non-hydrogen) atoms. The summed E-state index contributed by atoms with van der Waals surface area (Å²) in [4.78, 5) is 21.8. The van der Waals surface area contributed by atoms with Crippen LogP contribution in [0.4, 0.5) is 0 Å². The molecule has 0 atom stereocenters. The lowest BCUT2D eigenvalue weighted by molar-refractivity contribution is -0.123. The predicted molar refractivity (Wildman–Crippen MR) is 40.7 cm³/mol. The average molecular weight is 166 g/mol. The zero-order valence-electron chi connectivity index (χ0n) is 6.07. The van der Waals surface area contributed by atoms with E-state index < -0.39 is 11.8 Å². The van der Waals surface area contributed by atoms with Crippen LogP contribution in [0.15, 0.2) is 29.0 Å². The Kier molecular flexibility index (Phi) is 2.05. The number of hydrogen-bond acceptors (Lipinski definition) is 4. The first-order valence-electron chi connectivity index (χ1n) is 3.10. The van der Waals surface area contributed by atoms with Gasteiger partial charge < -0.3 is 5.21 Å². The first-order chi connectivity index (χ1) is 5.70. The summed E-state index contributed by atoms with van der Waals surface area (Å²) in [6.45, 7) is 3.35. The van der Waals surface area contributed by atoms with Crippen LogP contribution in [0.5, 0.6) is 0 Å². The van der Waals surface area contributed by atoms with Gasteiger partial charge in [-0.15, -0.1) is 0 Å². The Balaban J connectivity index is 3.18. The predicted octanol–water partition coefficient (Wildman–Crippen LogP) is -0.415. The summed E-state index contributed by atoms with van der Waals surface area (Å²) in [5.41, 5.74) is 0.148. The molecule has 1 aliphatic rings. The van der Waals surface area contributed by atoms with E-state index in [-0.39, 0.29) is 11.1 Å². The molecule has 0 spiro atoms. The Morgan fingerprint density at radius 1 is 1.33 bits per heavy atom. The van der Waals surface area contributed by atoms with Crippen LogP contribution < -0.4 is 5.32 Å². The molecule has 0 aromatic heterocycles. The second-order valence-electron chi connectivity index (χ2n) is 2.06. The quantitative estimate of drug-likeness (QED) is 0.253. The first kappa shape index (κ1) is 8.19. The molecule has 0 saturated heterocycles. The number of imide groups is 1.